The molecule has 1 saturated heterocycles. The van der Waals surface area contributed by atoms with Crippen LogP contribution in [0.4, 0.5) is 16.4 Å². The molecule has 0 radical (unpaired) electrons. The number of amides is 1. The number of carbonyl (C=O) groups excluding carboxylic acids is 1. The molecule has 10 heteroatoms. The number of benzene rings is 1. The topological polar surface area (TPSA) is 126 Å². The van der Waals surface area contributed by atoms with Gasteiger partial charge < -0.3 is 24.2 Å². The van der Waals surface area contributed by atoms with Crippen LogP contribution in [-0.4, -0.2) is 50.9 Å². The van der Waals surface area contributed by atoms with E-state index in [1.165, 1.54) is 12.4 Å². The largest absolute Gasteiger partial charge is 0.486 e. The van der Waals surface area contributed by atoms with Crippen LogP contribution in [-0.2, 0) is 4.74 Å². The first-order valence-corrected chi connectivity index (χ1v) is 10.0. The average molecular weight is 434 g/mol. The van der Waals surface area contributed by atoms with Crippen LogP contribution < -0.4 is 10.1 Å². The summed E-state index contributed by atoms with van der Waals surface area (Å²) >= 11 is 0. The van der Waals surface area contributed by atoms with E-state index in [2.05, 4.69) is 20.4 Å². The van der Waals surface area contributed by atoms with Gasteiger partial charge in [-0.1, -0.05) is 17.3 Å². The number of ether oxygens (including phenoxy) is 2. The van der Waals surface area contributed by atoms with E-state index in [9.17, 15) is 4.79 Å². The maximum absolute atomic E-state index is 12.1. The lowest BCUT2D eigenvalue weighted by Gasteiger charge is -2.39. The number of likely N-dealkylation sites (tertiary alicyclic amines) is 1. The standard InChI is InChI=1S/C22H22N6O4/c1-22(2,3)31-21(29)28-12-15(13-28)30-17-7-5-4-6-16(17)18-8-19(27-32-18)26-20-11-24-14(9-23)10-25-20/h4-8,10-11,15H,12-13H2,1-3H3,(H,25,26,27). The predicted molar refractivity (Wildman–Crippen MR) is 114 cm³/mol. The predicted octanol–water partition coefficient (Wildman–Crippen LogP) is 3.74. The van der Waals surface area contributed by atoms with Crippen LogP contribution in [0.2, 0.25) is 0 Å². The number of aromatic nitrogens is 3. The molecule has 1 amide bonds. The first-order chi connectivity index (χ1) is 15.3. The highest BCUT2D eigenvalue weighted by Gasteiger charge is 2.35. The van der Waals surface area contributed by atoms with Crippen molar-refractivity contribution >= 4 is 17.7 Å². The summed E-state index contributed by atoms with van der Waals surface area (Å²) in [5, 5.41) is 15.8. The van der Waals surface area contributed by atoms with Crippen LogP contribution in [0.1, 0.15) is 26.5 Å². The van der Waals surface area contributed by atoms with Gasteiger partial charge in [-0.25, -0.2) is 14.8 Å². The van der Waals surface area contributed by atoms with Crippen molar-refractivity contribution in [2.75, 3.05) is 18.4 Å². The quantitative estimate of drug-likeness (QED) is 0.639. The van der Waals surface area contributed by atoms with E-state index in [4.69, 9.17) is 19.3 Å². The highest BCUT2D eigenvalue weighted by Crippen LogP contribution is 2.33. The molecular weight excluding hydrogens is 412 g/mol. The van der Waals surface area contributed by atoms with Crippen molar-refractivity contribution in [3.8, 4) is 23.1 Å². The van der Waals surface area contributed by atoms with Crippen molar-refractivity contribution in [3.05, 3.63) is 48.4 Å². The number of nitriles is 1. The molecule has 4 rings (SSSR count). The molecule has 10 nitrogen and oxygen atoms in total. The second-order valence-electron chi connectivity index (χ2n) is 8.22. The van der Waals surface area contributed by atoms with E-state index < -0.39 is 5.60 Å². The third-order valence-electron chi connectivity index (χ3n) is 4.48. The summed E-state index contributed by atoms with van der Waals surface area (Å²) in [7, 11) is 0. The van der Waals surface area contributed by atoms with Crippen LogP contribution in [0.15, 0.2) is 47.2 Å². The number of nitrogens with one attached hydrogen (secondary N) is 1. The Morgan fingerprint density at radius 2 is 2.00 bits per heavy atom. The molecule has 0 unspecified atom stereocenters. The fraction of sp³-hybridized carbons (Fsp3) is 0.318. The normalized spacial score (nSPS) is 13.8. The molecule has 3 aromatic rings. The summed E-state index contributed by atoms with van der Waals surface area (Å²) in [6.07, 6.45) is 2.32. The third-order valence-corrected chi connectivity index (χ3v) is 4.48. The van der Waals surface area contributed by atoms with Gasteiger partial charge in [0.05, 0.1) is 31.0 Å². The zero-order chi connectivity index (χ0) is 22.7. The Morgan fingerprint density at radius 1 is 1.22 bits per heavy atom. The molecule has 3 heterocycles. The van der Waals surface area contributed by atoms with Gasteiger partial charge in [0.1, 0.15) is 29.3 Å². The maximum Gasteiger partial charge on any atom is 0.410 e. The van der Waals surface area contributed by atoms with Gasteiger partial charge in [0.25, 0.3) is 0 Å². The Balaban J connectivity index is 1.40. The van der Waals surface area contributed by atoms with Crippen LogP contribution in [0.3, 0.4) is 0 Å². The number of hydrogen-bond donors (Lipinski definition) is 1. The summed E-state index contributed by atoms with van der Waals surface area (Å²) in [5.74, 6) is 2.01. The fourth-order valence-corrected chi connectivity index (χ4v) is 2.98. The van der Waals surface area contributed by atoms with Crippen molar-refractivity contribution in [1.29, 1.82) is 5.26 Å². The van der Waals surface area contributed by atoms with Crippen molar-refractivity contribution in [2.24, 2.45) is 0 Å². The Morgan fingerprint density at radius 3 is 2.69 bits per heavy atom. The molecule has 1 N–H and O–H groups in total. The molecule has 164 valence electrons. The zero-order valence-electron chi connectivity index (χ0n) is 17.9. The van der Waals surface area contributed by atoms with Gasteiger partial charge in [-0.05, 0) is 32.9 Å². The summed E-state index contributed by atoms with van der Waals surface area (Å²) in [6.45, 7) is 6.41. The molecule has 32 heavy (non-hydrogen) atoms. The van der Waals surface area contributed by atoms with E-state index in [0.717, 1.165) is 5.56 Å². The monoisotopic (exact) mass is 434 g/mol. The van der Waals surface area contributed by atoms with Crippen LogP contribution in [0, 0.1) is 11.3 Å². The van der Waals surface area contributed by atoms with Crippen LogP contribution in [0.25, 0.3) is 11.3 Å². The smallest absolute Gasteiger partial charge is 0.410 e. The number of anilines is 2. The van der Waals surface area contributed by atoms with Crippen molar-refractivity contribution in [3.63, 3.8) is 0 Å². The van der Waals surface area contributed by atoms with Crippen LogP contribution >= 0.6 is 0 Å². The number of carbonyl (C=O) groups is 1. The summed E-state index contributed by atoms with van der Waals surface area (Å²) in [6, 6.07) is 11.1. The van der Waals surface area contributed by atoms with Gasteiger partial charge in [-0.3, -0.25) is 0 Å². The Bertz CT molecular complexity index is 1140. The minimum atomic E-state index is -0.531. The molecular formula is C22H22N6O4. The van der Waals surface area contributed by atoms with Crippen molar-refractivity contribution in [1.82, 2.24) is 20.0 Å². The highest BCUT2D eigenvalue weighted by atomic mass is 16.6. The minimum absolute atomic E-state index is 0.141. The van der Waals surface area contributed by atoms with Gasteiger partial charge in [0.15, 0.2) is 17.3 Å². The van der Waals surface area contributed by atoms with Gasteiger partial charge in [-0.15, -0.1) is 0 Å². The Labute approximate surface area is 184 Å². The van der Waals surface area contributed by atoms with Crippen molar-refractivity contribution < 1.29 is 18.8 Å². The molecule has 0 aliphatic carbocycles. The summed E-state index contributed by atoms with van der Waals surface area (Å²) in [5.41, 5.74) is 0.426. The van der Waals surface area contributed by atoms with E-state index in [1.807, 2.05) is 51.1 Å². The van der Waals surface area contributed by atoms with Gasteiger partial charge in [0.2, 0.25) is 0 Å². The molecule has 0 bridgehead atoms. The molecule has 1 aliphatic rings. The summed E-state index contributed by atoms with van der Waals surface area (Å²) in [4.78, 5) is 21.8. The number of hydrogen-bond acceptors (Lipinski definition) is 9. The minimum Gasteiger partial charge on any atom is -0.486 e. The first kappa shape index (κ1) is 21.1. The number of para-hydroxylation sites is 1. The van der Waals surface area contributed by atoms with E-state index in [-0.39, 0.29) is 17.9 Å². The van der Waals surface area contributed by atoms with Gasteiger partial charge in [-0.2, -0.15) is 5.26 Å². The highest BCUT2D eigenvalue weighted by molar-refractivity contribution is 5.70. The second kappa shape index (κ2) is 8.55. The van der Waals surface area contributed by atoms with Crippen molar-refractivity contribution in [2.45, 2.75) is 32.5 Å². The molecule has 2 aromatic heterocycles. The lowest BCUT2D eigenvalue weighted by Crippen LogP contribution is -2.57. The second-order valence-corrected chi connectivity index (χ2v) is 8.22. The molecule has 0 saturated carbocycles. The molecule has 1 aromatic carbocycles. The molecule has 0 atom stereocenters. The Kier molecular flexibility index (Phi) is 5.64. The van der Waals surface area contributed by atoms with Crippen LogP contribution in [0.5, 0.6) is 5.75 Å². The molecule has 1 aliphatic heterocycles. The fourth-order valence-electron chi connectivity index (χ4n) is 2.98. The number of nitrogens with zero attached hydrogens (tertiary/aromatic N) is 5. The Hall–Kier alpha value is -4.13. The van der Waals surface area contributed by atoms with E-state index in [0.29, 0.717) is 36.2 Å². The molecule has 1 fully saturated rings. The third kappa shape index (κ3) is 4.95. The molecule has 0 spiro atoms. The SMILES string of the molecule is CC(C)(C)OC(=O)N1CC(Oc2ccccc2-c2cc(Nc3cnc(C#N)cn3)no2)C1. The average Bonchev–Trinajstić information content (AvgIpc) is 3.18. The maximum atomic E-state index is 12.1. The zero-order valence-corrected chi connectivity index (χ0v) is 17.9. The van der Waals surface area contributed by atoms with Gasteiger partial charge in [0, 0.05) is 6.07 Å². The van der Waals surface area contributed by atoms with E-state index in [1.54, 1.807) is 11.0 Å². The number of rotatable bonds is 5. The summed E-state index contributed by atoms with van der Waals surface area (Å²) < 4.78 is 16.9. The lowest BCUT2D eigenvalue weighted by atomic mass is 10.1. The first-order valence-electron chi connectivity index (χ1n) is 10.0. The van der Waals surface area contributed by atoms with Gasteiger partial charge >= 0.3 is 6.09 Å². The lowest BCUT2D eigenvalue weighted by molar-refractivity contribution is -0.0220. The van der Waals surface area contributed by atoms with E-state index >= 15 is 0 Å².